The number of nitrogens with zero attached hydrogens (tertiary/aromatic N) is 1. The Labute approximate surface area is 157 Å². The van der Waals surface area contributed by atoms with Crippen LogP contribution in [0.25, 0.3) is 0 Å². The summed E-state index contributed by atoms with van der Waals surface area (Å²) >= 11 is 0. The zero-order valence-corrected chi connectivity index (χ0v) is 15.1. The summed E-state index contributed by atoms with van der Waals surface area (Å²) in [6.45, 7) is 2.82. The summed E-state index contributed by atoms with van der Waals surface area (Å²) in [4.78, 5) is 26.8. The van der Waals surface area contributed by atoms with Gasteiger partial charge in [-0.1, -0.05) is 18.2 Å². The first-order chi connectivity index (χ1) is 13.1. The van der Waals surface area contributed by atoms with Crippen molar-refractivity contribution in [3.05, 3.63) is 54.3 Å². The van der Waals surface area contributed by atoms with Crippen LogP contribution in [-0.2, 0) is 4.79 Å². The number of hydrogen-bond acceptors (Lipinski definition) is 3. The van der Waals surface area contributed by atoms with Crippen molar-refractivity contribution in [2.24, 2.45) is 0 Å². The quantitative estimate of drug-likeness (QED) is 0.838. The summed E-state index contributed by atoms with van der Waals surface area (Å²) in [5.41, 5.74) is 0.925. The Kier molecular flexibility index (Phi) is 5.90. The van der Waals surface area contributed by atoms with E-state index in [0.29, 0.717) is 36.7 Å². The van der Waals surface area contributed by atoms with E-state index < -0.39 is 17.9 Å². The minimum atomic E-state index is -0.590. The molecule has 1 atom stereocenters. The summed E-state index contributed by atoms with van der Waals surface area (Å²) in [6, 6.07) is 11.8. The Balaban J connectivity index is 1.68. The highest BCUT2D eigenvalue weighted by Crippen LogP contribution is 2.26. The topological polar surface area (TPSA) is 70.7 Å². The van der Waals surface area contributed by atoms with E-state index in [-0.39, 0.29) is 5.91 Å². The van der Waals surface area contributed by atoms with Gasteiger partial charge in [-0.05, 0) is 50.1 Å². The molecule has 1 saturated heterocycles. The smallest absolute Gasteiger partial charge is 0.322 e. The molecule has 1 fully saturated rings. The third kappa shape index (κ3) is 4.55. The van der Waals surface area contributed by atoms with Gasteiger partial charge in [0.1, 0.15) is 17.6 Å². The van der Waals surface area contributed by atoms with Crippen LogP contribution >= 0.6 is 0 Å². The first kappa shape index (κ1) is 18.7. The van der Waals surface area contributed by atoms with E-state index in [4.69, 9.17) is 4.74 Å². The van der Waals surface area contributed by atoms with Crippen molar-refractivity contribution in [2.75, 3.05) is 23.8 Å². The molecule has 0 aliphatic carbocycles. The predicted molar refractivity (Wildman–Crippen MR) is 101 cm³/mol. The van der Waals surface area contributed by atoms with Crippen LogP contribution in [-0.4, -0.2) is 36.0 Å². The highest BCUT2D eigenvalue weighted by Gasteiger charge is 2.34. The number of anilines is 2. The van der Waals surface area contributed by atoms with Crippen molar-refractivity contribution < 1.29 is 18.7 Å². The number of urea groups is 1. The van der Waals surface area contributed by atoms with Crippen molar-refractivity contribution in [1.82, 2.24) is 4.90 Å². The number of likely N-dealkylation sites (tertiary alicyclic amines) is 1. The lowest BCUT2D eigenvalue weighted by Crippen LogP contribution is -2.45. The fraction of sp³-hybridized carbons (Fsp3) is 0.300. The number of hydrogen-bond donors (Lipinski definition) is 2. The molecule has 0 saturated carbocycles. The molecule has 2 N–H and O–H groups in total. The standard InChI is InChI=1S/C20H22FN3O3/c1-2-27-18-11-4-3-9-16(18)23-19(25)17-10-6-12-24(17)20(26)22-15-8-5-7-14(21)13-15/h3-5,7-9,11,13,17H,2,6,10,12H2,1H3,(H,22,26)(H,23,25)/t17-/m1/s1. The fourth-order valence-corrected chi connectivity index (χ4v) is 3.11. The molecule has 1 aliphatic rings. The lowest BCUT2D eigenvalue weighted by Gasteiger charge is -2.24. The number of para-hydroxylation sites is 2. The lowest BCUT2D eigenvalue weighted by molar-refractivity contribution is -0.119. The lowest BCUT2D eigenvalue weighted by atomic mass is 10.2. The van der Waals surface area contributed by atoms with E-state index in [1.807, 2.05) is 13.0 Å². The minimum absolute atomic E-state index is 0.269. The number of ether oxygens (including phenoxy) is 1. The van der Waals surface area contributed by atoms with Gasteiger partial charge in [0.15, 0.2) is 0 Å². The van der Waals surface area contributed by atoms with Crippen LogP contribution in [0, 0.1) is 5.82 Å². The maximum Gasteiger partial charge on any atom is 0.322 e. The molecule has 6 nitrogen and oxygen atoms in total. The molecule has 3 rings (SSSR count). The molecule has 27 heavy (non-hydrogen) atoms. The molecular formula is C20H22FN3O3. The maximum atomic E-state index is 13.3. The minimum Gasteiger partial charge on any atom is -0.492 e. The monoisotopic (exact) mass is 371 g/mol. The molecule has 142 valence electrons. The van der Waals surface area contributed by atoms with Crippen LogP contribution in [0.3, 0.4) is 0 Å². The second-order valence-electron chi connectivity index (χ2n) is 6.21. The number of amides is 3. The van der Waals surface area contributed by atoms with Gasteiger partial charge in [0.25, 0.3) is 0 Å². The van der Waals surface area contributed by atoms with Gasteiger partial charge in [-0.15, -0.1) is 0 Å². The molecule has 3 amide bonds. The molecule has 2 aromatic carbocycles. The zero-order chi connectivity index (χ0) is 19.2. The summed E-state index contributed by atoms with van der Waals surface area (Å²) in [6.07, 6.45) is 1.29. The van der Waals surface area contributed by atoms with Crippen LogP contribution in [0.4, 0.5) is 20.6 Å². The molecule has 1 aliphatic heterocycles. The summed E-state index contributed by atoms with van der Waals surface area (Å²) in [5.74, 6) is -0.118. The number of halogens is 1. The molecule has 0 spiro atoms. The number of nitrogens with one attached hydrogen (secondary N) is 2. The number of benzene rings is 2. The first-order valence-corrected chi connectivity index (χ1v) is 8.94. The average Bonchev–Trinajstić information content (AvgIpc) is 3.14. The van der Waals surface area contributed by atoms with Crippen molar-refractivity contribution in [3.8, 4) is 5.75 Å². The van der Waals surface area contributed by atoms with Crippen LogP contribution in [0.15, 0.2) is 48.5 Å². The molecular weight excluding hydrogens is 349 g/mol. The third-order valence-electron chi connectivity index (χ3n) is 4.34. The van der Waals surface area contributed by atoms with Crippen LogP contribution < -0.4 is 15.4 Å². The molecule has 0 unspecified atom stereocenters. The van der Waals surface area contributed by atoms with E-state index >= 15 is 0 Å². The summed E-state index contributed by atoms with van der Waals surface area (Å²) in [5, 5.41) is 5.50. The van der Waals surface area contributed by atoms with E-state index in [1.165, 1.54) is 23.1 Å². The van der Waals surface area contributed by atoms with Crippen molar-refractivity contribution in [2.45, 2.75) is 25.8 Å². The average molecular weight is 371 g/mol. The zero-order valence-electron chi connectivity index (χ0n) is 15.1. The largest absolute Gasteiger partial charge is 0.492 e. The van der Waals surface area contributed by atoms with Gasteiger partial charge in [-0.25, -0.2) is 9.18 Å². The molecule has 0 radical (unpaired) electrons. The van der Waals surface area contributed by atoms with Crippen molar-refractivity contribution in [3.63, 3.8) is 0 Å². The molecule has 0 bridgehead atoms. The Morgan fingerprint density at radius 1 is 1.19 bits per heavy atom. The Morgan fingerprint density at radius 3 is 2.78 bits per heavy atom. The van der Waals surface area contributed by atoms with E-state index in [2.05, 4.69) is 10.6 Å². The van der Waals surface area contributed by atoms with Gasteiger partial charge < -0.3 is 20.3 Å². The molecule has 2 aromatic rings. The summed E-state index contributed by atoms with van der Waals surface area (Å²) in [7, 11) is 0. The van der Waals surface area contributed by atoms with Crippen LogP contribution in [0.1, 0.15) is 19.8 Å². The second kappa shape index (κ2) is 8.53. The molecule has 1 heterocycles. The Bertz CT molecular complexity index is 828. The van der Waals surface area contributed by atoms with Crippen LogP contribution in [0.5, 0.6) is 5.75 Å². The van der Waals surface area contributed by atoms with E-state index in [0.717, 1.165) is 6.42 Å². The number of carbonyl (C=O) groups excluding carboxylic acids is 2. The fourth-order valence-electron chi connectivity index (χ4n) is 3.11. The number of rotatable bonds is 5. The van der Waals surface area contributed by atoms with E-state index in [1.54, 1.807) is 24.3 Å². The van der Waals surface area contributed by atoms with Gasteiger partial charge in [-0.2, -0.15) is 0 Å². The normalized spacial score (nSPS) is 16.1. The summed E-state index contributed by atoms with van der Waals surface area (Å²) < 4.78 is 18.8. The Hall–Kier alpha value is -3.09. The van der Waals surface area contributed by atoms with E-state index in [9.17, 15) is 14.0 Å². The highest BCUT2D eigenvalue weighted by atomic mass is 19.1. The van der Waals surface area contributed by atoms with Gasteiger partial charge in [-0.3, -0.25) is 4.79 Å². The first-order valence-electron chi connectivity index (χ1n) is 8.94. The molecule has 7 heteroatoms. The van der Waals surface area contributed by atoms with Crippen LogP contribution in [0.2, 0.25) is 0 Å². The van der Waals surface area contributed by atoms with Crippen molar-refractivity contribution >= 4 is 23.3 Å². The van der Waals surface area contributed by atoms with Gasteiger partial charge in [0.2, 0.25) is 5.91 Å². The SMILES string of the molecule is CCOc1ccccc1NC(=O)[C@H]1CCCN1C(=O)Nc1cccc(F)c1. The third-order valence-corrected chi connectivity index (χ3v) is 4.34. The maximum absolute atomic E-state index is 13.3. The van der Waals surface area contributed by atoms with Gasteiger partial charge in [0.05, 0.1) is 12.3 Å². The number of carbonyl (C=O) groups is 2. The van der Waals surface area contributed by atoms with Crippen molar-refractivity contribution in [1.29, 1.82) is 0 Å². The van der Waals surface area contributed by atoms with Gasteiger partial charge in [0, 0.05) is 12.2 Å². The molecule has 0 aromatic heterocycles. The van der Waals surface area contributed by atoms with Gasteiger partial charge >= 0.3 is 6.03 Å². The second-order valence-corrected chi connectivity index (χ2v) is 6.21. The Morgan fingerprint density at radius 2 is 2.00 bits per heavy atom. The predicted octanol–water partition coefficient (Wildman–Crippen LogP) is 3.86. The highest BCUT2D eigenvalue weighted by molar-refractivity contribution is 6.00.